The van der Waals surface area contributed by atoms with Crippen LogP contribution in [0.2, 0.25) is 0 Å². The molecule has 7 heteroatoms. The van der Waals surface area contributed by atoms with Gasteiger partial charge >= 0.3 is 12.0 Å². The van der Waals surface area contributed by atoms with Crippen LogP contribution in [0.15, 0.2) is 30.3 Å². The Labute approximate surface area is 110 Å². The van der Waals surface area contributed by atoms with Crippen LogP contribution in [0.1, 0.15) is 0 Å². The predicted molar refractivity (Wildman–Crippen MR) is 67.1 cm³/mol. The van der Waals surface area contributed by atoms with Crippen molar-refractivity contribution < 1.29 is 9.47 Å². The molecule has 1 heterocycles. The van der Waals surface area contributed by atoms with E-state index in [1.54, 1.807) is 12.1 Å². The van der Waals surface area contributed by atoms with Crippen LogP contribution in [0, 0.1) is 11.5 Å². The van der Waals surface area contributed by atoms with Crippen molar-refractivity contribution in [2.75, 3.05) is 19.1 Å². The second kappa shape index (κ2) is 5.64. The predicted octanol–water partition coefficient (Wildman–Crippen LogP) is 1.51. The molecule has 0 aliphatic rings. The number of rotatable bonds is 4. The highest BCUT2D eigenvalue weighted by molar-refractivity contribution is 5.61. The largest absolute Gasteiger partial charge is 0.467 e. The number of methoxy groups -OCH3 is 2. The van der Waals surface area contributed by atoms with Crippen molar-refractivity contribution in [3.63, 3.8) is 0 Å². The van der Waals surface area contributed by atoms with E-state index < -0.39 is 0 Å². The van der Waals surface area contributed by atoms with Gasteiger partial charge in [0.25, 0.3) is 5.95 Å². The van der Waals surface area contributed by atoms with Gasteiger partial charge in [-0.15, -0.1) is 4.98 Å². The summed E-state index contributed by atoms with van der Waals surface area (Å²) in [6, 6.07) is 9.19. The van der Waals surface area contributed by atoms with Crippen molar-refractivity contribution >= 4 is 11.6 Å². The highest BCUT2D eigenvalue weighted by atomic mass is 16.5. The molecule has 0 aliphatic heterocycles. The van der Waals surface area contributed by atoms with Crippen LogP contribution in [0.3, 0.4) is 0 Å². The lowest BCUT2D eigenvalue weighted by molar-refractivity contribution is 0.341. The van der Waals surface area contributed by atoms with Crippen LogP contribution in [0.5, 0.6) is 12.0 Å². The van der Waals surface area contributed by atoms with Gasteiger partial charge in [-0.1, -0.05) is 18.2 Å². The first-order chi connectivity index (χ1) is 9.28. The summed E-state index contributed by atoms with van der Waals surface area (Å²) in [6.07, 6.45) is 2.01. The van der Waals surface area contributed by atoms with Gasteiger partial charge in [-0.05, 0) is 12.1 Å². The summed E-state index contributed by atoms with van der Waals surface area (Å²) in [4.78, 5) is 13.2. The maximum atomic E-state index is 9.25. The Bertz CT molecular complexity index is 575. The lowest BCUT2D eigenvalue weighted by Gasteiger charge is -2.14. The van der Waals surface area contributed by atoms with E-state index in [9.17, 15) is 5.26 Å². The SMILES string of the molecule is COc1nc(OC)nc(N(C#N)c2ccccc2)n1. The number of aromatic nitrogens is 3. The van der Waals surface area contributed by atoms with E-state index in [0.717, 1.165) is 0 Å². The Morgan fingerprint density at radius 2 is 1.58 bits per heavy atom. The van der Waals surface area contributed by atoms with Crippen LogP contribution in [-0.2, 0) is 0 Å². The smallest absolute Gasteiger partial charge is 0.324 e. The van der Waals surface area contributed by atoms with Crippen molar-refractivity contribution in [3.8, 4) is 18.2 Å². The molecular formula is C12H11N5O2. The standard InChI is InChI=1S/C12H11N5O2/c1-18-11-14-10(15-12(16-11)19-2)17(8-13)9-6-4-3-5-7-9/h3-7H,1-2H3. The molecule has 7 nitrogen and oxygen atoms in total. The first-order valence-corrected chi connectivity index (χ1v) is 5.37. The van der Waals surface area contributed by atoms with Crippen molar-refractivity contribution in [1.29, 1.82) is 5.26 Å². The Balaban J connectivity index is 2.47. The molecule has 0 fully saturated rings. The molecule has 1 aromatic heterocycles. The molecule has 0 saturated heterocycles. The van der Waals surface area contributed by atoms with Gasteiger partial charge in [-0.25, -0.2) is 4.90 Å². The second-order valence-electron chi connectivity index (χ2n) is 3.38. The fourth-order valence-electron chi connectivity index (χ4n) is 1.41. The topological polar surface area (TPSA) is 84.2 Å². The summed E-state index contributed by atoms with van der Waals surface area (Å²) in [5.74, 6) is 0.136. The third kappa shape index (κ3) is 2.69. The van der Waals surface area contributed by atoms with Crippen molar-refractivity contribution in [2.24, 2.45) is 0 Å². The number of anilines is 2. The summed E-state index contributed by atoms with van der Waals surface area (Å²) in [7, 11) is 2.86. The van der Waals surface area contributed by atoms with Crippen LogP contribution in [-0.4, -0.2) is 29.2 Å². The van der Waals surface area contributed by atoms with E-state index in [4.69, 9.17) is 9.47 Å². The van der Waals surface area contributed by atoms with E-state index >= 15 is 0 Å². The number of hydrogen-bond donors (Lipinski definition) is 0. The van der Waals surface area contributed by atoms with Gasteiger partial charge in [0, 0.05) is 0 Å². The molecule has 0 unspecified atom stereocenters. The first kappa shape index (κ1) is 12.6. The van der Waals surface area contributed by atoms with Crippen molar-refractivity contribution in [3.05, 3.63) is 30.3 Å². The number of para-hydroxylation sites is 1. The maximum absolute atomic E-state index is 9.25. The number of nitrogens with zero attached hydrogens (tertiary/aromatic N) is 5. The molecule has 1 aromatic carbocycles. The maximum Gasteiger partial charge on any atom is 0.324 e. The average Bonchev–Trinajstić information content (AvgIpc) is 2.48. The van der Waals surface area contributed by atoms with Crippen LogP contribution >= 0.6 is 0 Å². The third-order valence-electron chi connectivity index (χ3n) is 2.26. The Morgan fingerprint density at radius 1 is 1.00 bits per heavy atom. The summed E-state index contributed by atoms with van der Waals surface area (Å²) < 4.78 is 9.90. The van der Waals surface area contributed by atoms with Gasteiger partial charge in [0.05, 0.1) is 19.9 Å². The minimum absolute atomic E-state index is 0.0815. The summed E-state index contributed by atoms with van der Waals surface area (Å²) in [5, 5.41) is 9.25. The Kier molecular flexibility index (Phi) is 3.73. The lowest BCUT2D eigenvalue weighted by Crippen LogP contribution is -2.14. The molecule has 0 spiro atoms. The zero-order chi connectivity index (χ0) is 13.7. The van der Waals surface area contributed by atoms with E-state index in [1.165, 1.54) is 19.1 Å². The van der Waals surface area contributed by atoms with Crippen LogP contribution in [0.4, 0.5) is 11.6 Å². The second-order valence-corrected chi connectivity index (χ2v) is 3.38. The average molecular weight is 257 g/mol. The fourth-order valence-corrected chi connectivity index (χ4v) is 1.41. The van der Waals surface area contributed by atoms with Crippen LogP contribution in [0.25, 0.3) is 0 Å². The zero-order valence-corrected chi connectivity index (χ0v) is 10.4. The zero-order valence-electron chi connectivity index (χ0n) is 10.4. The molecule has 0 N–H and O–H groups in total. The molecule has 19 heavy (non-hydrogen) atoms. The molecule has 0 saturated carbocycles. The molecule has 0 bridgehead atoms. The van der Waals surface area contributed by atoms with Gasteiger partial charge in [0.2, 0.25) is 0 Å². The van der Waals surface area contributed by atoms with Crippen LogP contribution < -0.4 is 14.4 Å². The first-order valence-electron chi connectivity index (χ1n) is 5.37. The lowest BCUT2D eigenvalue weighted by atomic mass is 10.3. The molecule has 0 amide bonds. The van der Waals surface area contributed by atoms with Gasteiger partial charge in [0.1, 0.15) is 0 Å². The van der Waals surface area contributed by atoms with Gasteiger partial charge in [-0.2, -0.15) is 15.2 Å². The molecule has 2 rings (SSSR count). The van der Waals surface area contributed by atoms with E-state index in [-0.39, 0.29) is 18.0 Å². The monoisotopic (exact) mass is 257 g/mol. The highest BCUT2D eigenvalue weighted by Crippen LogP contribution is 2.23. The summed E-state index contributed by atoms with van der Waals surface area (Å²) >= 11 is 0. The number of ether oxygens (including phenoxy) is 2. The summed E-state index contributed by atoms with van der Waals surface area (Å²) in [5.41, 5.74) is 0.639. The quantitative estimate of drug-likeness (QED) is 0.606. The molecular weight excluding hydrogens is 246 g/mol. The van der Waals surface area contributed by atoms with E-state index in [2.05, 4.69) is 15.0 Å². The normalized spacial score (nSPS) is 9.53. The van der Waals surface area contributed by atoms with Gasteiger partial charge in [-0.3, -0.25) is 0 Å². The molecule has 0 atom stereocenters. The number of hydrogen-bond acceptors (Lipinski definition) is 7. The fraction of sp³-hybridized carbons (Fsp3) is 0.167. The van der Waals surface area contributed by atoms with Crippen molar-refractivity contribution in [1.82, 2.24) is 15.0 Å². The van der Waals surface area contributed by atoms with E-state index in [0.29, 0.717) is 5.69 Å². The number of benzene rings is 1. The minimum Gasteiger partial charge on any atom is -0.467 e. The highest BCUT2D eigenvalue weighted by Gasteiger charge is 2.15. The van der Waals surface area contributed by atoms with Crippen molar-refractivity contribution in [2.45, 2.75) is 0 Å². The Morgan fingerprint density at radius 3 is 2.05 bits per heavy atom. The molecule has 0 aliphatic carbocycles. The summed E-state index contributed by atoms with van der Waals surface area (Å²) in [6.45, 7) is 0. The number of nitriles is 1. The molecule has 0 radical (unpaired) electrons. The van der Waals surface area contributed by atoms with Gasteiger partial charge in [0.15, 0.2) is 6.19 Å². The van der Waals surface area contributed by atoms with Gasteiger partial charge < -0.3 is 9.47 Å². The molecule has 96 valence electrons. The Hall–Kier alpha value is -2.88. The van der Waals surface area contributed by atoms with E-state index in [1.807, 2.05) is 24.4 Å². The minimum atomic E-state index is 0.0815. The molecule has 2 aromatic rings. The third-order valence-corrected chi connectivity index (χ3v) is 2.26.